The lowest BCUT2D eigenvalue weighted by atomic mass is 10.2. The van der Waals surface area contributed by atoms with E-state index in [1.165, 1.54) is 6.08 Å². The van der Waals surface area contributed by atoms with Gasteiger partial charge >= 0.3 is 0 Å². The third kappa shape index (κ3) is 3.63. The van der Waals surface area contributed by atoms with Gasteiger partial charge in [0.25, 0.3) is 6.01 Å². The van der Waals surface area contributed by atoms with Crippen molar-refractivity contribution in [2.45, 2.75) is 18.9 Å². The molecule has 1 saturated heterocycles. The SMILES string of the molecule is O=C(/C=C/c1ccc2c(c1)OCO2)NCC1CCCN1c1nc2ccccc2o1. The minimum Gasteiger partial charge on any atom is -0.454 e. The van der Waals surface area contributed by atoms with Gasteiger partial charge in [-0.15, -0.1) is 0 Å². The third-order valence-electron chi connectivity index (χ3n) is 5.24. The molecule has 0 saturated carbocycles. The number of hydrogen-bond acceptors (Lipinski definition) is 6. The van der Waals surface area contributed by atoms with E-state index in [1.807, 2.05) is 42.5 Å². The highest BCUT2D eigenvalue weighted by Crippen LogP contribution is 2.32. The molecule has 2 aliphatic heterocycles. The number of para-hydroxylation sites is 2. The predicted octanol–water partition coefficient (Wildman–Crippen LogP) is 3.35. The highest BCUT2D eigenvalue weighted by molar-refractivity contribution is 5.91. The molecule has 0 bridgehead atoms. The predicted molar refractivity (Wildman–Crippen MR) is 109 cm³/mol. The quantitative estimate of drug-likeness (QED) is 0.672. The van der Waals surface area contributed by atoms with Crippen molar-refractivity contribution in [3.63, 3.8) is 0 Å². The summed E-state index contributed by atoms with van der Waals surface area (Å²) in [5, 5.41) is 2.99. The number of carbonyl (C=O) groups excluding carboxylic acids is 1. The number of nitrogens with one attached hydrogen (secondary N) is 1. The van der Waals surface area contributed by atoms with Gasteiger partial charge in [0.2, 0.25) is 12.7 Å². The van der Waals surface area contributed by atoms with Gasteiger partial charge in [0.05, 0.1) is 6.04 Å². The summed E-state index contributed by atoms with van der Waals surface area (Å²) < 4.78 is 16.6. The topological polar surface area (TPSA) is 76.8 Å². The summed E-state index contributed by atoms with van der Waals surface area (Å²) >= 11 is 0. The maximum absolute atomic E-state index is 12.3. The molecule has 3 heterocycles. The molecule has 1 amide bonds. The maximum Gasteiger partial charge on any atom is 0.298 e. The molecule has 1 unspecified atom stereocenters. The number of nitrogens with zero attached hydrogens (tertiary/aromatic N) is 2. The van der Waals surface area contributed by atoms with Gasteiger partial charge in [0.15, 0.2) is 17.1 Å². The summed E-state index contributed by atoms with van der Waals surface area (Å²) in [5.41, 5.74) is 2.52. The Balaban J connectivity index is 1.20. The lowest BCUT2D eigenvalue weighted by molar-refractivity contribution is -0.116. The van der Waals surface area contributed by atoms with Crippen LogP contribution in [0.1, 0.15) is 18.4 Å². The number of benzene rings is 2. The molecule has 7 nitrogen and oxygen atoms in total. The number of fused-ring (bicyclic) bond motifs is 2. The summed E-state index contributed by atoms with van der Waals surface area (Å²) in [4.78, 5) is 19.0. The average molecular weight is 391 g/mol. The number of oxazole rings is 1. The zero-order valence-electron chi connectivity index (χ0n) is 15.8. The fraction of sp³-hybridized carbons (Fsp3) is 0.273. The smallest absolute Gasteiger partial charge is 0.298 e. The number of anilines is 1. The number of aromatic nitrogens is 1. The van der Waals surface area contributed by atoms with E-state index in [2.05, 4.69) is 15.2 Å². The van der Waals surface area contributed by atoms with E-state index in [9.17, 15) is 4.79 Å². The first kappa shape index (κ1) is 17.6. The van der Waals surface area contributed by atoms with E-state index < -0.39 is 0 Å². The van der Waals surface area contributed by atoms with Gasteiger partial charge in [0.1, 0.15) is 5.52 Å². The van der Waals surface area contributed by atoms with E-state index >= 15 is 0 Å². The van der Waals surface area contributed by atoms with E-state index in [4.69, 9.17) is 13.9 Å². The molecular weight excluding hydrogens is 370 g/mol. The first-order valence-electron chi connectivity index (χ1n) is 9.74. The first-order valence-corrected chi connectivity index (χ1v) is 9.74. The summed E-state index contributed by atoms with van der Waals surface area (Å²) in [6.45, 7) is 1.66. The standard InChI is InChI=1S/C22H21N3O4/c26-21(10-8-15-7-9-19-20(12-15)28-14-27-19)23-13-16-4-3-11-25(16)22-24-17-5-1-2-6-18(17)29-22/h1-2,5-10,12,16H,3-4,11,13-14H2,(H,23,26)/b10-8+. The van der Waals surface area contributed by atoms with Crippen molar-refractivity contribution >= 4 is 29.1 Å². The van der Waals surface area contributed by atoms with Gasteiger partial charge in [-0.1, -0.05) is 18.2 Å². The van der Waals surface area contributed by atoms with Crippen LogP contribution < -0.4 is 19.7 Å². The molecule has 7 heteroatoms. The summed E-state index contributed by atoms with van der Waals surface area (Å²) in [7, 11) is 0. The van der Waals surface area contributed by atoms with Crippen molar-refractivity contribution < 1.29 is 18.7 Å². The van der Waals surface area contributed by atoms with Crippen molar-refractivity contribution in [2.75, 3.05) is 24.8 Å². The number of hydrogen-bond donors (Lipinski definition) is 1. The Morgan fingerprint density at radius 3 is 3.03 bits per heavy atom. The van der Waals surface area contributed by atoms with Crippen molar-refractivity contribution in [1.82, 2.24) is 10.3 Å². The molecule has 1 fully saturated rings. The van der Waals surface area contributed by atoms with E-state index in [-0.39, 0.29) is 18.7 Å². The van der Waals surface area contributed by atoms with Crippen LogP contribution in [-0.2, 0) is 4.79 Å². The van der Waals surface area contributed by atoms with E-state index in [0.29, 0.717) is 18.3 Å². The molecular formula is C22H21N3O4. The van der Waals surface area contributed by atoms with Crippen LogP contribution in [0.5, 0.6) is 11.5 Å². The Morgan fingerprint density at radius 2 is 2.10 bits per heavy atom. The van der Waals surface area contributed by atoms with Crippen LogP contribution in [0.2, 0.25) is 0 Å². The van der Waals surface area contributed by atoms with E-state index in [1.54, 1.807) is 6.08 Å². The Kier molecular flexibility index (Phi) is 4.56. The zero-order chi connectivity index (χ0) is 19.6. The van der Waals surface area contributed by atoms with Crippen molar-refractivity contribution in [2.24, 2.45) is 0 Å². The minimum absolute atomic E-state index is 0.132. The van der Waals surface area contributed by atoms with Crippen LogP contribution in [-0.4, -0.2) is 36.8 Å². The molecule has 0 spiro atoms. The summed E-state index contributed by atoms with van der Waals surface area (Å²) in [6.07, 6.45) is 5.35. The highest BCUT2D eigenvalue weighted by Gasteiger charge is 2.28. The lowest BCUT2D eigenvalue weighted by Crippen LogP contribution is -2.39. The van der Waals surface area contributed by atoms with Gasteiger partial charge in [0, 0.05) is 19.2 Å². The lowest BCUT2D eigenvalue weighted by Gasteiger charge is -2.22. The van der Waals surface area contributed by atoms with Gasteiger partial charge < -0.3 is 24.1 Å². The normalized spacial score (nSPS) is 18.1. The monoisotopic (exact) mass is 391 g/mol. The Morgan fingerprint density at radius 1 is 1.21 bits per heavy atom. The number of amides is 1. The maximum atomic E-state index is 12.3. The highest BCUT2D eigenvalue weighted by atomic mass is 16.7. The van der Waals surface area contributed by atoms with Gasteiger partial charge in [-0.25, -0.2) is 0 Å². The third-order valence-corrected chi connectivity index (χ3v) is 5.24. The Bertz CT molecular complexity index is 1040. The summed E-state index contributed by atoms with van der Waals surface area (Å²) in [5.74, 6) is 1.30. The second-order valence-corrected chi connectivity index (χ2v) is 7.14. The van der Waals surface area contributed by atoms with E-state index in [0.717, 1.165) is 41.8 Å². The van der Waals surface area contributed by atoms with Crippen molar-refractivity contribution in [3.05, 3.63) is 54.1 Å². The largest absolute Gasteiger partial charge is 0.454 e. The molecule has 148 valence electrons. The van der Waals surface area contributed by atoms with Crippen molar-refractivity contribution in [1.29, 1.82) is 0 Å². The molecule has 3 aromatic rings. The molecule has 1 atom stereocenters. The second-order valence-electron chi connectivity index (χ2n) is 7.14. The molecule has 1 aromatic heterocycles. The molecule has 2 aliphatic rings. The number of carbonyl (C=O) groups is 1. The van der Waals surface area contributed by atoms with Crippen LogP contribution in [0.25, 0.3) is 17.2 Å². The minimum atomic E-state index is -0.132. The second kappa shape index (κ2) is 7.50. The van der Waals surface area contributed by atoms with Crippen LogP contribution in [0.15, 0.2) is 53.0 Å². The van der Waals surface area contributed by atoms with Crippen LogP contribution in [0, 0.1) is 0 Å². The Labute approximate surface area is 167 Å². The van der Waals surface area contributed by atoms with Crippen LogP contribution >= 0.6 is 0 Å². The fourth-order valence-corrected chi connectivity index (χ4v) is 3.75. The zero-order valence-corrected chi connectivity index (χ0v) is 15.8. The Hall–Kier alpha value is -3.48. The van der Waals surface area contributed by atoms with Crippen molar-refractivity contribution in [3.8, 4) is 11.5 Å². The molecule has 2 aromatic carbocycles. The molecule has 5 rings (SSSR count). The summed E-state index contributed by atoms with van der Waals surface area (Å²) in [6, 6.07) is 14.1. The van der Waals surface area contributed by atoms with Crippen LogP contribution in [0.3, 0.4) is 0 Å². The van der Waals surface area contributed by atoms with Gasteiger partial charge in [-0.05, 0) is 48.7 Å². The fourth-order valence-electron chi connectivity index (χ4n) is 3.75. The first-order chi connectivity index (χ1) is 14.3. The average Bonchev–Trinajstić information content (AvgIpc) is 3.48. The van der Waals surface area contributed by atoms with Crippen LogP contribution in [0.4, 0.5) is 6.01 Å². The number of rotatable bonds is 5. The number of ether oxygens (including phenoxy) is 2. The molecule has 0 aliphatic carbocycles. The molecule has 1 N–H and O–H groups in total. The van der Waals surface area contributed by atoms with Gasteiger partial charge in [-0.3, -0.25) is 4.79 Å². The van der Waals surface area contributed by atoms with Gasteiger partial charge in [-0.2, -0.15) is 4.98 Å². The molecule has 0 radical (unpaired) electrons. The molecule has 29 heavy (non-hydrogen) atoms.